The van der Waals surface area contributed by atoms with Gasteiger partial charge in [0, 0.05) is 85.1 Å². The summed E-state index contributed by atoms with van der Waals surface area (Å²) >= 11 is 0. The molecule has 6 aromatic carbocycles. The number of hydrogen-bond acceptors (Lipinski definition) is 14. The minimum absolute atomic E-state index is 0.0866. The van der Waals surface area contributed by atoms with E-state index in [0.29, 0.717) is 97.2 Å². The summed E-state index contributed by atoms with van der Waals surface area (Å²) in [5.74, 6) is -1.05. The number of aromatic nitrogens is 1. The molecule has 0 spiro atoms. The Hall–Kier alpha value is -7.82. The Balaban J connectivity index is 0.760. The van der Waals surface area contributed by atoms with Crippen LogP contribution in [0.4, 0.5) is 17.1 Å². The van der Waals surface area contributed by atoms with Gasteiger partial charge in [-0.3, -0.25) is 14.4 Å². The van der Waals surface area contributed by atoms with Gasteiger partial charge in [0.25, 0.3) is 11.5 Å². The van der Waals surface area contributed by atoms with Crippen LogP contribution in [0.1, 0.15) is 105 Å². The van der Waals surface area contributed by atoms with Crippen molar-refractivity contribution in [1.29, 1.82) is 0 Å². The van der Waals surface area contributed by atoms with Crippen LogP contribution in [0.5, 0.6) is 5.75 Å². The molecule has 2 aliphatic rings. The fraction of sp³-hybridized carbons (Fsp3) is 0.371. The van der Waals surface area contributed by atoms with E-state index in [4.69, 9.17) is 14.2 Å². The first kappa shape index (κ1) is 66.6. The average molecular weight is 1260 g/mol. The molecule has 0 radical (unpaired) electrons. The first-order valence-corrected chi connectivity index (χ1v) is 33.4. The Morgan fingerprint density at radius 3 is 2.11 bits per heavy atom. The Labute approximate surface area is 527 Å². The Morgan fingerprint density at radius 2 is 1.42 bits per heavy atom. The van der Waals surface area contributed by atoms with Gasteiger partial charge in [-0.2, -0.15) is 4.58 Å². The molecule has 0 saturated heterocycles. The van der Waals surface area contributed by atoms with Gasteiger partial charge in [0.15, 0.2) is 5.71 Å². The molecule has 2 N–H and O–H groups in total. The fourth-order valence-corrected chi connectivity index (χ4v) is 14.3. The maximum absolute atomic E-state index is 14.1. The van der Waals surface area contributed by atoms with Crippen molar-refractivity contribution < 1.29 is 59.4 Å². The molecule has 1 aromatic heterocycles. The standard InChI is InChI=1S/C70H81N5O13S2/c1-10-48-22-21-25-55-62(48)66(77)63(67(78)72(55)9)68(79)74(49-23-15-12-16-24-49)35-37-87-39-41-88-40-38-86-36-33-71-61(76)28-19-14-20-34-75-57-31-29-51-47(4)44-50(89(80,81)82)45-54(51)65(57)70(7,8)60(75)27-18-13-17-26-59-69(5,6)64-53-42-46(3)43-58(90(83,84)85)52(53)30-32-56(64)73(59)11-2/h12-13,15-18,21-27,29-32,42-45H,10-11,14,19-20,28,33-41H2,1-9H3,(H3-,71,76,77,78,79,80,81,82,83,84,85)/p-1. The summed E-state index contributed by atoms with van der Waals surface area (Å²) in [6.45, 7) is 19.3. The van der Waals surface area contributed by atoms with Gasteiger partial charge in [-0.1, -0.05) is 81.5 Å². The monoisotopic (exact) mass is 1260 g/mol. The number of anilines is 2. The van der Waals surface area contributed by atoms with Gasteiger partial charge < -0.3 is 48.1 Å². The molecular weight excluding hydrogens is 1180 g/mol. The molecule has 0 aliphatic carbocycles. The Bertz CT molecular complexity index is 4340. The van der Waals surface area contributed by atoms with Crippen LogP contribution in [-0.4, -0.2) is 124 Å². The predicted octanol–water partition coefficient (Wildman–Crippen LogP) is 10.8. The lowest BCUT2D eigenvalue weighted by Crippen LogP contribution is -2.38. The molecule has 0 saturated carbocycles. The van der Waals surface area contributed by atoms with Crippen molar-refractivity contribution in [1.82, 2.24) is 9.88 Å². The van der Waals surface area contributed by atoms with Crippen LogP contribution < -0.4 is 20.7 Å². The average Bonchev–Trinajstić information content (AvgIpc) is 1.53. The quantitative estimate of drug-likeness (QED) is 0.0211. The second-order valence-corrected chi connectivity index (χ2v) is 26.6. The molecule has 90 heavy (non-hydrogen) atoms. The highest BCUT2D eigenvalue weighted by molar-refractivity contribution is 7.86. The summed E-state index contributed by atoms with van der Waals surface area (Å²) in [4.78, 5) is 43.7. The van der Waals surface area contributed by atoms with Crippen molar-refractivity contribution in [3.05, 3.63) is 177 Å². The Kier molecular flexibility index (Phi) is 20.5. The third kappa shape index (κ3) is 13.8. The third-order valence-electron chi connectivity index (χ3n) is 17.3. The molecule has 2 aliphatic heterocycles. The van der Waals surface area contributed by atoms with Crippen molar-refractivity contribution in [2.75, 3.05) is 75.6 Å². The maximum atomic E-state index is 14.1. The number of carbonyl (C=O) groups excluding carboxylic acids is 2. The van der Waals surface area contributed by atoms with Crippen LogP contribution in [0.15, 0.2) is 148 Å². The van der Waals surface area contributed by atoms with Gasteiger partial charge in [-0.05, 0) is 152 Å². The van der Waals surface area contributed by atoms with Crippen LogP contribution in [0, 0.1) is 13.8 Å². The van der Waals surface area contributed by atoms with E-state index in [2.05, 4.69) is 67.6 Å². The highest BCUT2D eigenvalue weighted by atomic mass is 32.2. The van der Waals surface area contributed by atoms with Gasteiger partial charge in [-0.25, -0.2) is 16.8 Å². The number of likely N-dealkylation sites (N-methyl/N-ethyl adjacent to an activating group) is 1. The lowest BCUT2D eigenvalue weighted by atomic mass is 9.78. The number of fused-ring (bicyclic) bond motifs is 7. The fourth-order valence-electron chi connectivity index (χ4n) is 12.9. The molecule has 3 heterocycles. The van der Waals surface area contributed by atoms with Crippen LogP contribution in [-0.2, 0) is 63.5 Å². The van der Waals surface area contributed by atoms with E-state index in [-0.39, 0.29) is 53.4 Å². The molecule has 7 aromatic rings. The molecule has 0 fully saturated rings. The number of pyridine rings is 1. The summed E-state index contributed by atoms with van der Waals surface area (Å²) in [5.41, 5.74) is 6.89. The second-order valence-electron chi connectivity index (χ2n) is 23.9. The number of aryl methyl sites for hydroxylation is 4. The first-order valence-electron chi connectivity index (χ1n) is 30.6. The number of nitrogens with one attached hydrogen (secondary N) is 1. The maximum Gasteiger partial charge on any atom is 0.267 e. The Morgan fingerprint density at radius 1 is 0.733 bits per heavy atom. The highest BCUT2D eigenvalue weighted by Gasteiger charge is 2.46. The number of hydrogen-bond donors (Lipinski definition) is 2. The molecule has 2 amide bonds. The first-order chi connectivity index (χ1) is 42.8. The molecule has 18 nitrogen and oxygen atoms in total. The lowest BCUT2D eigenvalue weighted by Gasteiger charge is -2.26. The zero-order valence-corrected chi connectivity index (χ0v) is 54.3. The number of nitrogens with zero attached hydrogens (tertiary/aromatic N) is 4. The molecule has 476 valence electrons. The summed E-state index contributed by atoms with van der Waals surface area (Å²) < 4.78 is 95.3. The predicted molar refractivity (Wildman–Crippen MR) is 351 cm³/mol. The van der Waals surface area contributed by atoms with Crippen LogP contribution in [0.25, 0.3) is 32.4 Å². The van der Waals surface area contributed by atoms with E-state index in [0.717, 1.165) is 63.1 Å². The van der Waals surface area contributed by atoms with E-state index in [9.17, 15) is 45.4 Å². The number of carbonyl (C=O) groups is 2. The summed E-state index contributed by atoms with van der Waals surface area (Å²) in [5, 5.41) is 17.5. The van der Waals surface area contributed by atoms with Crippen molar-refractivity contribution >= 4 is 87.3 Å². The van der Waals surface area contributed by atoms with E-state index in [1.54, 1.807) is 57.3 Å². The van der Waals surface area contributed by atoms with E-state index >= 15 is 0 Å². The van der Waals surface area contributed by atoms with E-state index in [1.165, 1.54) is 27.7 Å². The number of rotatable bonds is 27. The number of allylic oxidation sites excluding steroid dienone is 6. The van der Waals surface area contributed by atoms with Crippen molar-refractivity contribution in [2.45, 2.75) is 108 Å². The SMILES string of the molecule is CCc1cccc2c1c(O)c(C(=O)N(CCOCCOCCOCCNC(=O)CCCCC[N+]1=C(C=CC=CC=C3N(CC)c4ccc5c(S(=O)(=O)[O-])cc(C)cc5c4C3(C)C)C(C)(C)c3c1ccc1c(C)cc(S(=O)(=O)[O-])cc31)c1ccccc1)c(=O)n2C. The number of ether oxygens (including phenoxy) is 3. The molecule has 9 rings (SSSR count). The van der Waals surface area contributed by atoms with Crippen LogP contribution in [0.3, 0.4) is 0 Å². The summed E-state index contributed by atoms with van der Waals surface area (Å²) in [7, 11) is -7.89. The van der Waals surface area contributed by atoms with Crippen LogP contribution in [0.2, 0.25) is 0 Å². The smallest absolute Gasteiger partial charge is 0.267 e. The molecule has 0 bridgehead atoms. The largest absolute Gasteiger partial charge is 0.744 e. The third-order valence-corrected chi connectivity index (χ3v) is 18.9. The number of para-hydroxylation sites is 1. The van der Waals surface area contributed by atoms with Crippen molar-refractivity contribution in [2.24, 2.45) is 7.05 Å². The topological polar surface area (TPSA) is 240 Å². The van der Waals surface area contributed by atoms with Gasteiger partial charge in [-0.15, -0.1) is 0 Å². The lowest BCUT2D eigenvalue weighted by molar-refractivity contribution is -0.438. The minimum Gasteiger partial charge on any atom is -0.744 e. The molecule has 0 unspecified atom stereocenters. The number of amides is 2. The van der Waals surface area contributed by atoms with E-state index in [1.807, 2.05) is 61.5 Å². The van der Waals surface area contributed by atoms with Crippen molar-refractivity contribution in [3.63, 3.8) is 0 Å². The molecule has 20 heteroatoms. The summed E-state index contributed by atoms with van der Waals surface area (Å²) in [6.07, 6.45) is 13.1. The second kappa shape index (κ2) is 27.7. The van der Waals surface area contributed by atoms with Gasteiger partial charge in [0.1, 0.15) is 38.1 Å². The normalized spacial score (nSPS) is 15.1. The van der Waals surface area contributed by atoms with Crippen molar-refractivity contribution in [3.8, 4) is 5.75 Å². The summed E-state index contributed by atoms with van der Waals surface area (Å²) in [6, 6.07) is 28.3. The number of benzene rings is 6. The van der Waals surface area contributed by atoms with E-state index < -0.39 is 42.5 Å². The van der Waals surface area contributed by atoms with Gasteiger partial charge >= 0.3 is 0 Å². The van der Waals surface area contributed by atoms with Crippen LogP contribution >= 0.6 is 0 Å². The number of unbranched alkanes of at least 4 members (excludes halogenated alkanes) is 2. The van der Waals surface area contributed by atoms with Gasteiger partial charge in [0.05, 0.1) is 60.4 Å². The minimum atomic E-state index is -4.75. The number of aromatic hydroxyl groups is 1. The zero-order valence-electron chi connectivity index (χ0n) is 52.7. The molecule has 0 atom stereocenters. The van der Waals surface area contributed by atoms with Gasteiger partial charge in [0.2, 0.25) is 11.6 Å². The highest BCUT2D eigenvalue weighted by Crippen LogP contribution is 2.52. The zero-order chi connectivity index (χ0) is 64.9. The molecular formula is C70H80N5O13S2-.